The molecule has 1 saturated carbocycles. The van der Waals surface area contributed by atoms with Gasteiger partial charge >= 0.3 is 0 Å². The van der Waals surface area contributed by atoms with E-state index in [1.165, 1.54) is 37.7 Å². The van der Waals surface area contributed by atoms with Crippen LogP contribution in [0.2, 0.25) is 0 Å². The largest absolute Gasteiger partial charge is 0.478 e. The highest BCUT2D eigenvalue weighted by molar-refractivity contribution is 5.18. The number of rotatable bonds is 8. The van der Waals surface area contributed by atoms with Gasteiger partial charge in [0.25, 0.3) is 0 Å². The predicted molar refractivity (Wildman–Crippen MR) is 97.4 cm³/mol. The van der Waals surface area contributed by atoms with E-state index in [2.05, 4.69) is 46.4 Å². The lowest BCUT2D eigenvalue weighted by atomic mass is 9.96. The molecule has 0 spiro atoms. The van der Waals surface area contributed by atoms with E-state index in [9.17, 15) is 0 Å². The molecule has 1 fully saturated rings. The van der Waals surface area contributed by atoms with Crippen LogP contribution in [0.5, 0.6) is 5.88 Å². The molecule has 0 saturated heterocycles. The molecule has 0 aliphatic heterocycles. The highest BCUT2D eigenvalue weighted by Gasteiger charge is 2.20. The zero-order chi connectivity index (χ0) is 16.6. The third kappa shape index (κ3) is 4.60. The lowest BCUT2D eigenvalue weighted by molar-refractivity contribution is 0.242. The van der Waals surface area contributed by atoms with Crippen molar-refractivity contribution in [1.82, 2.24) is 15.1 Å². The van der Waals surface area contributed by atoms with Crippen molar-refractivity contribution in [1.29, 1.82) is 0 Å². The summed E-state index contributed by atoms with van der Waals surface area (Å²) >= 11 is 0. The van der Waals surface area contributed by atoms with Crippen molar-refractivity contribution < 1.29 is 4.74 Å². The zero-order valence-electron chi connectivity index (χ0n) is 14.7. The number of hydrogen-bond acceptors (Lipinski definition) is 3. The Balaban J connectivity index is 1.58. The molecule has 1 aliphatic rings. The van der Waals surface area contributed by atoms with Gasteiger partial charge in [0, 0.05) is 12.6 Å². The Bertz CT molecular complexity index is 603. The topological polar surface area (TPSA) is 39.1 Å². The summed E-state index contributed by atoms with van der Waals surface area (Å²) < 4.78 is 8.26. The number of aryl methyl sites for hydroxylation is 1. The standard InChI is InChI=1S/C20H29N3O/c1-21-16-18-15-20(23(22-18)19-12-6-3-7-13-19)24-14-8-11-17-9-4-2-5-10-17/h2,4-5,9-10,15,19,21H,3,6-8,11-14,16H2,1H3. The second-order valence-corrected chi connectivity index (χ2v) is 6.68. The highest BCUT2D eigenvalue weighted by Crippen LogP contribution is 2.31. The Morgan fingerprint density at radius 2 is 1.96 bits per heavy atom. The van der Waals surface area contributed by atoms with E-state index >= 15 is 0 Å². The predicted octanol–water partition coefficient (Wildman–Crippen LogP) is 4.12. The van der Waals surface area contributed by atoms with Gasteiger partial charge in [0.2, 0.25) is 5.88 Å². The number of nitrogens with zero attached hydrogens (tertiary/aromatic N) is 2. The van der Waals surface area contributed by atoms with Gasteiger partial charge in [-0.1, -0.05) is 49.6 Å². The molecule has 1 aromatic carbocycles. The van der Waals surface area contributed by atoms with Crippen LogP contribution in [0.1, 0.15) is 55.8 Å². The highest BCUT2D eigenvalue weighted by atomic mass is 16.5. The Labute approximate surface area is 145 Å². The molecule has 4 nitrogen and oxygen atoms in total. The van der Waals surface area contributed by atoms with Gasteiger partial charge in [-0.05, 0) is 38.3 Å². The molecule has 0 radical (unpaired) electrons. The first-order valence-electron chi connectivity index (χ1n) is 9.26. The summed E-state index contributed by atoms with van der Waals surface area (Å²) in [6.07, 6.45) is 8.50. The first kappa shape index (κ1) is 17.0. The number of benzene rings is 1. The van der Waals surface area contributed by atoms with Crippen LogP contribution in [0.15, 0.2) is 36.4 Å². The monoisotopic (exact) mass is 327 g/mol. The summed E-state index contributed by atoms with van der Waals surface area (Å²) in [5.41, 5.74) is 2.44. The second kappa shape index (κ2) is 8.88. The van der Waals surface area contributed by atoms with E-state index in [1.807, 2.05) is 7.05 Å². The van der Waals surface area contributed by atoms with Crippen LogP contribution in [-0.2, 0) is 13.0 Å². The van der Waals surface area contributed by atoms with E-state index in [-0.39, 0.29) is 0 Å². The average Bonchev–Trinajstić information content (AvgIpc) is 3.03. The van der Waals surface area contributed by atoms with Crippen molar-refractivity contribution in [3.63, 3.8) is 0 Å². The van der Waals surface area contributed by atoms with Gasteiger partial charge in [-0.2, -0.15) is 5.10 Å². The summed E-state index contributed by atoms with van der Waals surface area (Å²) in [7, 11) is 1.96. The van der Waals surface area contributed by atoms with Crippen LogP contribution in [0, 0.1) is 0 Å². The van der Waals surface area contributed by atoms with Crippen molar-refractivity contribution in [3.8, 4) is 5.88 Å². The Morgan fingerprint density at radius 3 is 2.71 bits per heavy atom. The van der Waals surface area contributed by atoms with Crippen molar-refractivity contribution in [2.45, 2.75) is 57.5 Å². The third-order valence-electron chi connectivity index (χ3n) is 4.73. The van der Waals surface area contributed by atoms with Gasteiger partial charge in [-0.25, -0.2) is 4.68 Å². The van der Waals surface area contributed by atoms with Crippen LogP contribution < -0.4 is 10.1 Å². The van der Waals surface area contributed by atoms with Crippen LogP contribution >= 0.6 is 0 Å². The fourth-order valence-corrected chi connectivity index (χ4v) is 3.49. The minimum atomic E-state index is 0.508. The number of nitrogens with one attached hydrogen (secondary N) is 1. The van der Waals surface area contributed by atoms with Gasteiger partial charge in [0.05, 0.1) is 18.3 Å². The van der Waals surface area contributed by atoms with Gasteiger partial charge < -0.3 is 10.1 Å². The van der Waals surface area contributed by atoms with Gasteiger partial charge in [-0.3, -0.25) is 0 Å². The zero-order valence-corrected chi connectivity index (χ0v) is 14.7. The minimum Gasteiger partial charge on any atom is -0.478 e. The first-order valence-corrected chi connectivity index (χ1v) is 9.26. The number of ether oxygens (including phenoxy) is 1. The van der Waals surface area contributed by atoms with Crippen LogP contribution in [-0.4, -0.2) is 23.4 Å². The molecule has 2 aromatic rings. The van der Waals surface area contributed by atoms with Crippen molar-refractivity contribution in [3.05, 3.63) is 47.7 Å². The molecule has 24 heavy (non-hydrogen) atoms. The Hall–Kier alpha value is -1.81. The lowest BCUT2D eigenvalue weighted by Crippen LogP contribution is -2.16. The molecular formula is C20H29N3O. The molecule has 0 bridgehead atoms. The fraction of sp³-hybridized carbons (Fsp3) is 0.550. The smallest absolute Gasteiger partial charge is 0.212 e. The molecule has 1 heterocycles. The molecule has 0 atom stereocenters. The van der Waals surface area contributed by atoms with Crippen molar-refractivity contribution in [2.75, 3.05) is 13.7 Å². The normalized spacial score (nSPS) is 15.5. The van der Waals surface area contributed by atoms with Crippen LogP contribution in [0.25, 0.3) is 0 Å². The second-order valence-electron chi connectivity index (χ2n) is 6.68. The Kier molecular flexibility index (Phi) is 6.30. The molecular weight excluding hydrogens is 298 g/mol. The molecule has 1 aromatic heterocycles. The van der Waals surface area contributed by atoms with Gasteiger partial charge in [0.15, 0.2) is 0 Å². The first-order chi connectivity index (χ1) is 11.9. The summed E-state index contributed by atoms with van der Waals surface area (Å²) in [6, 6.07) is 13.2. The molecule has 3 rings (SSSR count). The van der Waals surface area contributed by atoms with Gasteiger partial charge in [0.1, 0.15) is 0 Å². The maximum Gasteiger partial charge on any atom is 0.212 e. The maximum absolute atomic E-state index is 6.11. The number of hydrogen-bond donors (Lipinski definition) is 1. The van der Waals surface area contributed by atoms with E-state index in [0.717, 1.165) is 37.6 Å². The van der Waals surface area contributed by atoms with E-state index in [1.54, 1.807) is 0 Å². The fourth-order valence-electron chi connectivity index (χ4n) is 3.49. The SMILES string of the molecule is CNCc1cc(OCCCc2ccccc2)n(C2CCCCC2)n1. The molecule has 130 valence electrons. The molecule has 1 aliphatic carbocycles. The van der Waals surface area contributed by atoms with E-state index in [0.29, 0.717) is 6.04 Å². The summed E-state index contributed by atoms with van der Waals surface area (Å²) in [5.74, 6) is 0.945. The molecule has 4 heteroatoms. The Morgan fingerprint density at radius 1 is 1.17 bits per heavy atom. The van der Waals surface area contributed by atoms with Crippen molar-refractivity contribution >= 4 is 0 Å². The van der Waals surface area contributed by atoms with Gasteiger partial charge in [-0.15, -0.1) is 0 Å². The van der Waals surface area contributed by atoms with E-state index in [4.69, 9.17) is 9.84 Å². The lowest BCUT2D eigenvalue weighted by Gasteiger charge is -2.23. The maximum atomic E-state index is 6.11. The van der Waals surface area contributed by atoms with E-state index < -0.39 is 0 Å². The molecule has 0 unspecified atom stereocenters. The van der Waals surface area contributed by atoms with Crippen LogP contribution in [0.4, 0.5) is 0 Å². The number of aromatic nitrogens is 2. The summed E-state index contributed by atoms with van der Waals surface area (Å²) in [4.78, 5) is 0. The quantitative estimate of drug-likeness (QED) is 0.741. The minimum absolute atomic E-state index is 0.508. The summed E-state index contributed by atoms with van der Waals surface area (Å²) in [5, 5.41) is 7.97. The third-order valence-corrected chi connectivity index (χ3v) is 4.73. The average molecular weight is 327 g/mol. The van der Waals surface area contributed by atoms with Crippen molar-refractivity contribution in [2.24, 2.45) is 0 Å². The summed E-state index contributed by atoms with van der Waals surface area (Å²) in [6.45, 7) is 1.53. The molecule has 1 N–H and O–H groups in total. The van der Waals surface area contributed by atoms with Crippen LogP contribution in [0.3, 0.4) is 0 Å². The molecule has 0 amide bonds.